The molecule has 0 unspecified atom stereocenters. The number of para-hydroxylation sites is 1. The lowest BCUT2D eigenvalue weighted by atomic mass is 10.2. The van der Waals surface area contributed by atoms with Gasteiger partial charge < -0.3 is 16.0 Å². The third-order valence-electron chi connectivity index (χ3n) is 3.11. The van der Waals surface area contributed by atoms with Gasteiger partial charge in [-0.15, -0.1) is 0 Å². The third kappa shape index (κ3) is 15.6. The molecule has 6 heteroatoms. The van der Waals surface area contributed by atoms with Crippen LogP contribution in [0, 0.1) is 0 Å². The molecule has 0 saturated heterocycles. The number of nitrogens with zero attached hydrogens (tertiary/aromatic N) is 4. The SMILES string of the molecule is CC.CC/C(C)=C/Nc1ccccc1.CCN=C(N=C(C)C)/N=C(/N)N(C)C. The first kappa shape index (κ1) is 27.6. The van der Waals surface area contributed by atoms with Gasteiger partial charge in [-0.1, -0.05) is 44.5 Å². The smallest absolute Gasteiger partial charge is 0.247 e. The number of aliphatic imine (C=N–C) groups is 3. The molecule has 0 amide bonds. The fraction of sp³-hybridized carbons (Fsp3) is 0.500. The molecule has 6 nitrogen and oxygen atoms in total. The summed E-state index contributed by atoms with van der Waals surface area (Å²) in [6, 6.07) is 10.2. The van der Waals surface area contributed by atoms with E-state index in [9.17, 15) is 0 Å². The van der Waals surface area contributed by atoms with Crippen LogP contribution in [0.3, 0.4) is 0 Å². The highest BCUT2D eigenvalue weighted by Crippen LogP contribution is 2.06. The number of rotatable bonds is 4. The quantitative estimate of drug-likeness (QED) is 0.552. The highest BCUT2D eigenvalue weighted by molar-refractivity contribution is 6.00. The van der Waals surface area contributed by atoms with Crippen molar-refractivity contribution in [3.63, 3.8) is 0 Å². The number of nitrogens with one attached hydrogen (secondary N) is 1. The molecule has 0 atom stereocenters. The Morgan fingerprint density at radius 2 is 1.61 bits per heavy atom. The maximum atomic E-state index is 5.65. The first-order valence-corrected chi connectivity index (χ1v) is 9.85. The Bertz CT molecular complexity index is 624. The van der Waals surface area contributed by atoms with Gasteiger partial charge in [-0.05, 0) is 52.4 Å². The predicted molar refractivity (Wildman–Crippen MR) is 128 cm³/mol. The summed E-state index contributed by atoms with van der Waals surface area (Å²) in [7, 11) is 3.65. The number of guanidine groups is 2. The van der Waals surface area contributed by atoms with Crippen molar-refractivity contribution in [2.24, 2.45) is 20.7 Å². The largest absolute Gasteiger partial charge is 0.369 e. The van der Waals surface area contributed by atoms with Gasteiger partial charge in [-0.25, -0.2) is 9.98 Å². The molecule has 28 heavy (non-hydrogen) atoms. The van der Waals surface area contributed by atoms with Gasteiger partial charge in [0.25, 0.3) is 0 Å². The highest BCUT2D eigenvalue weighted by atomic mass is 15.2. The van der Waals surface area contributed by atoms with Crippen LogP contribution in [-0.4, -0.2) is 43.2 Å². The van der Waals surface area contributed by atoms with Crippen LogP contribution in [-0.2, 0) is 0 Å². The van der Waals surface area contributed by atoms with Crippen LogP contribution in [0.1, 0.15) is 54.9 Å². The third-order valence-corrected chi connectivity index (χ3v) is 3.11. The van der Waals surface area contributed by atoms with Crippen LogP contribution < -0.4 is 11.1 Å². The van der Waals surface area contributed by atoms with Crippen molar-refractivity contribution in [1.29, 1.82) is 0 Å². The van der Waals surface area contributed by atoms with Crippen LogP contribution in [0.15, 0.2) is 57.1 Å². The Labute approximate surface area is 172 Å². The molecular formula is C22H40N6. The fourth-order valence-electron chi connectivity index (χ4n) is 1.48. The van der Waals surface area contributed by atoms with Gasteiger partial charge in [0, 0.05) is 32.0 Å². The Kier molecular flexibility index (Phi) is 17.5. The highest BCUT2D eigenvalue weighted by Gasteiger charge is 1.98. The lowest BCUT2D eigenvalue weighted by molar-refractivity contribution is 0.615. The van der Waals surface area contributed by atoms with Crippen molar-refractivity contribution in [3.8, 4) is 0 Å². The minimum atomic E-state index is 0.405. The Balaban J connectivity index is 0. The molecule has 0 saturated carbocycles. The van der Waals surface area contributed by atoms with E-state index in [1.807, 2.05) is 66.9 Å². The van der Waals surface area contributed by atoms with Gasteiger partial charge in [-0.3, -0.25) is 0 Å². The number of allylic oxidation sites excluding steroid dienone is 1. The van der Waals surface area contributed by atoms with Crippen LogP contribution in [0.2, 0.25) is 0 Å². The lowest BCUT2D eigenvalue weighted by Gasteiger charge is -2.09. The molecule has 3 N–H and O–H groups in total. The summed E-state index contributed by atoms with van der Waals surface area (Å²) in [4.78, 5) is 14.1. The maximum Gasteiger partial charge on any atom is 0.247 e. The van der Waals surface area contributed by atoms with E-state index < -0.39 is 0 Å². The molecule has 158 valence electrons. The molecule has 1 aromatic rings. The second-order valence-corrected chi connectivity index (χ2v) is 6.05. The van der Waals surface area contributed by atoms with E-state index in [1.165, 1.54) is 5.57 Å². The maximum absolute atomic E-state index is 5.65. The first-order chi connectivity index (χ1) is 13.3. The van der Waals surface area contributed by atoms with E-state index in [1.54, 1.807) is 4.90 Å². The minimum absolute atomic E-state index is 0.405. The van der Waals surface area contributed by atoms with Crippen molar-refractivity contribution >= 4 is 23.3 Å². The summed E-state index contributed by atoms with van der Waals surface area (Å²) < 4.78 is 0. The van der Waals surface area contributed by atoms with E-state index in [0.29, 0.717) is 18.5 Å². The molecule has 0 bridgehead atoms. The summed E-state index contributed by atoms with van der Waals surface area (Å²) in [5, 5.41) is 3.23. The summed E-state index contributed by atoms with van der Waals surface area (Å²) >= 11 is 0. The lowest BCUT2D eigenvalue weighted by Crippen LogP contribution is -2.31. The first-order valence-electron chi connectivity index (χ1n) is 9.85. The molecule has 1 aromatic carbocycles. The number of hydrogen-bond acceptors (Lipinski definition) is 2. The zero-order valence-corrected chi connectivity index (χ0v) is 19.2. The van der Waals surface area contributed by atoms with Gasteiger partial charge in [0.2, 0.25) is 5.96 Å². The van der Waals surface area contributed by atoms with Crippen LogP contribution in [0.5, 0.6) is 0 Å². The van der Waals surface area contributed by atoms with E-state index in [-0.39, 0.29) is 0 Å². The molecular weight excluding hydrogens is 348 g/mol. The monoisotopic (exact) mass is 388 g/mol. The average Bonchev–Trinajstić information content (AvgIpc) is 2.68. The summed E-state index contributed by atoms with van der Waals surface area (Å²) in [5.74, 6) is 0.834. The number of nitrogens with two attached hydrogens (primary N) is 1. The molecule has 0 aliphatic carbocycles. The zero-order valence-electron chi connectivity index (χ0n) is 19.2. The normalized spacial score (nSPS) is 11.4. The fourth-order valence-corrected chi connectivity index (χ4v) is 1.48. The molecule has 0 heterocycles. The van der Waals surface area contributed by atoms with Crippen LogP contribution in [0.25, 0.3) is 0 Å². The Morgan fingerprint density at radius 1 is 1.04 bits per heavy atom. The molecule has 0 spiro atoms. The molecule has 1 rings (SSSR count). The topological polar surface area (TPSA) is 78.4 Å². The van der Waals surface area contributed by atoms with Crippen LogP contribution >= 0.6 is 0 Å². The Hall–Kier alpha value is -2.63. The molecule has 0 radical (unpaired) electrons. The molecule has 0 aromatic heterocycles. The number of hydrogen-bond donors (Lipinski definition) is 2. The van der Waals surface area contributed by atoms with Crippen molar-refractivity contribution < 1.29 is 0 Å². The number of benzene rings is 1. The van der Waals surface area contributed by atoms with E-state index in [2.05, 4.69) is 52.5 Å². The van der Waals surface area contributed by atoms with Gasteiger partial charge >= 0.3 is 0 Å². The second-order valence-electron chi connectivity index (χ2n) is 6.05. The number of anilines is 1. The van der Waals surface area contributed by atoms with E-state index in [0.717, 1.165) is 17.8 Å². The van der Waals surface area contributed by atoms with Crippen molar-refractivity contribution in [3.05, 3.63) is 42.1 Å². The van der Waals surface area contributed by atoms with Crippen molar-refractivity contribution in [1.82, 2.24) is 4.90 Å². The molecule has 0 fully saturated rings. The van der Waals surface area contributed by atoms with Crippen LogP contribution in [0.4, 0.5) is 5.69 Å². The van der Waals surface area contributed by atoms with Gasteiger partial charge in [0.1, 0.15) is 0 Å². The zero-order chi connectivity index (χ0) is 21.9. The average molecular weight is 389 g/mol. The summed E-state index contributed by atoms with van der Waals surface area (Å²) in [5.41, 5.74) is 9.06. The van der Waals surface area contributed by atoms with Gasteiger partial charge in [0.05, 0.1) is 0 Å². The predicted octanol–water partition coefficient (Wildman–Crippen LogP) is 5.16. The molecule has 0 aliphatic rings. The van der Waals surface area contributed by atoms with Crippen molar-refractivity contribution in [2.75, 3.05) is 26.0 Å². The summed E-state index contributed by atoms with van der Waals surface area (Å²) in [6.45, 7) is 14.6. The van der Waals surface area contributed by atoms with Gasteiger partial charge in [0.15, 0.2) is 5.96 Å². The van der Waals surface area contributed by atoms with Gasteiger partial charge in [-0.2, -0.15) is 4.99 Å². The second kappa shape index (κ2) is 17.8. The van der Waals surface area contributed by atoms with E-state index >= 15 is 0 Å². The molecule has 0 aliphatic heterocycles. The minimum Gasteiger partial charge on any atom is -0.369 e. The van der Waals surface area contributed by atoms with Crippen molar-refractivity contribution in [2.45, 2.75) is 54.9 Å². The Morgan fingerprint density at radius 3 is 2.04 bits per heavy atom. The standard InChI is InChI=1S/C11H15N.C9H19N5.C2H6/c1-3-10(2)9-12-11-7-5-4-6-8-11;1-6-11-9(12-7(2)3)13-8(10)14(4)5;1-2/h4-9,12H,3H2,1-2H3;6H2,1-5H3,(H2,10,11,13);1-2H3/b10-9+;;. The summed E-state index contributed by atoms with van der Waals surface area (Å²) in [6.07, 6.45) is 3.15. The van der Waals surface area contributed by atoms with E-state index in [4.69, 9.17) is 5.73 Å².